The molecule has 0 aliphatic rings. The molecule has 1 unspecified atom stereocenters. The minimum atomic E-state index is -0.160. The summed E-state index contributed by atoms with van der Waals surface area (Å²) in [6.07, 6.45) is 2.63. The molecule has 2 rings (SSSR count). The predicted molar refractivity (Wildman–Crippen MR) is 79.7 cm³/mol. The van der Waals surface area contributed by atoms with Gasteiger partial charge in [-0.05, 0) is 43.7 Å². The molecule has 0 radical (unpaired) electrons. The minimum absolute atomic E-state index is 0.160. The summed E-state index contributed by atoms with van der Waals surface area (Å²) in [7, 11) is 0. The lowest BCUT2D eigenvalue weighted by Crippen LogP contribution is -2.14. The first-order chi connectivity index (χ1) is 8.95. The fourth-order valence-electron chi connectivity index (χ4n) is 1.91. The second-order valence-corrected chi connectivity index (χ2v) is 5.77. The van der Waals surface area contributed by atoms with E-state index in [0.717, 1.165) is 11.3 Å². The fraction of sp³-hybridized carbons (Fsp3) is 0.357. The summed E-state index contributed by atoms with van der Waals surface area (Å²) in [6, 6.07) is 7.57. The quantitative estimate of drug-likeness (QED) is 0.926. The fourth-order valence-corrected chi connectivity index (χ4v) is 2.45. The Labute approximate surface area is 123 Å². The average Bonchev–Trinajstić information content (AvgIpc) is 2.76. The van der Waals surface area contributed by atoms with Crippen molar-refractivity contribution >= 4 is 23.2 Å². The van der Waals surface area contributed by atoms with Crippen LogP contribution in [0, 0.1) is 0 Å². The third kappa shape index (κ3) is 3.72. The molecule has 5 heteroatoms. The lowest BCUT2D eigenvalue weighted by molar-refractivity contribution is 0.522. The Bertz CT molecular complexity index is 543. The molecule has 0 bridgehead atoms. The van der Waals surface area contributed by atoms with Crippen molar-refractivity contribution in [1.29, 1.82) is 0 Å². The highest BCUT2D eigenvalue weighted by Crippen LogP contribution is 2.24. The first-order valence-corrected chi connectivity index (χ1v) is 6.97. The molecule has 102 valence electrons. The summed E-state index contributed by atoms with van der Waals surface area (Å²) in [5.41, 5.74) is 8.08. The predicted octanol–water partition coefficient (Wildman–Crippen LogP) is 4.01. The molecule has 3 nitrogen and oxygen atoms in total. The summed E-state index contributed by atoms with van der Waals surface area (Å²) < 4.78 is 1.92. The van der Waals surface area contributed by atoms with Crippen LogP contribution in [0.3, 0.4) is 0 Å². The molecule has 2 aromatic rings. The van der Waals surface area contributed by atoms with Crippen molar-refractivity contribution in [2.75, 3.05) is 0 Å². The van der Waals surface area contributed by atoms with Crippen molar-refractivity contribution in [3.8, 4) is 0 Å². The zero-order chi connectivity index (χ0) is 14.0. The number of rotatable bonds is 4. The highest BCUT2D eigenvalue weighted by molar-refractivity contribution is 6.34. The van der Waals surface area contributed by atoms with Crippen LogP contribution < -0.4 is 5.73 Å². The lowest BCUT2D eigenvalue weighted by atomic mass is 10.0. The van der Waals surface area contributed by atoms with E-state index in [2.05, 4.69) is 18.9 Å². The van der Waals surface area contributed by atoms with E-state index in [1.54, 1.807) is 6.07 Å². The number of nitrogens with two attached hydrogens (primary N) is 1. The smallest absolute Gasteiger partial charge is 0.0643 e. The molecule has 0 aliphatic carbocycles. The van der Waals surface area contributed by atoms with Gasteiger partial charge in [-0.3, -0.25) is 4.68 Å². The third-order valence-corrected chi connectivity index (χ3v) is 3.37. The Morgan fingerprint density at radius 2 is 1.84 bits per heavy atom. The number of halogens is 2. The summed E-state index contributed by atoms with van der Waals surface area (Å²) in [4.78, 5) is 0. The molecule has 0 saturated carbocycles. The van der Waals surface area contributed by atoms with Gasteiger partial charge in [-0.1, -0.05) is 23.2 Å². The molecule has 0 spiro atoms. The van der Waals surface area contributed by atoms with Gasteiger partial charge in [0, 0.05) is 34.7 Å². The van der Waals surface area contributed by atoms with Crippen LogP contribution in [-0.4, -0.2) is 9.78 Å². The van der Waals surface area contributed by atoms with E-state index in [-0.39, 0.29) is 6.04 Å². The maximum Gasteiger partial charge on any atom is 0.0643 e. The Balaban J connectivity index is 2.13. The van der Waals surface area contributed by atoms with Gasteiger partial charge in [-0.25, -0.2) is 0 Å². The molecule has 19 heavy (non-hydrogen) atoms. The van der Waals surface area contributed by atoms with E-state index < -0.39 is 0 Å². The van der Waals surface area contributed by atoms with E-state index in [0.29, 0.717) is 22.5 Å². The molecular formula is C14H17Cl2N3. The van der Waals surface area contributed by atoms with Crippen molar-refractivity contribution in [2.24, 2.45) is 5.73 Å². The first kappa shape index (κ1) is 14.4. The number of benzene rings is 1. The number of aromatic nitrogens is 2. The zero-order valence-electron chi connectivity index (χ0n) is 11.0. The van der Waals surface area contributed by atoms with Gasteiger partial charge in [0.15, 0.2) is 0 Å². The Kier molecular flexibility index (Phi) is 4.50. The van der Waals surface area contributed by atoms with E-state index in [1.807, 2.05) is 29.1 Å². The summed E-state index contributed by atoms with van der Waals surface area (Å²) >= 11 is 12.0. The number of hydrogen-bond donors (Lipinski definition) is 1. The lowest BCUT2D eigenvalue weighted by Gasteiger charge is -2.11. The molecule has 1 aromatic heterocycles. The average molecular weight is 298 g/mol. The summed E-state index contributed by atoms with van der Waals surface area (Å²) in [5, 5.41) is 5.70. The first-order valence-electron chi connectivity index (χ1n) is 6.21. The van der Waals surface area contributed by atoms with Gasteiger partial charge < -0.3 is 5.73 Å². The highest BCUT2D eigenvalue weighted by Gasteiger charge is 2.11. The van der Waals surface area contributed by atoms with Crippen molar-refractivity contribution in [3.05, 3.63) is 51.8 Å². The molecular weight excluding hydrogens is 281 g/mol. The monoisotopic (exact) mass is 297 g/mol. The van der Waals surface area contributed by atoms with Gasteiger partial charge in [0.25, 0.3) is 0 Å². The summed E-state index contributed by atoms with van der Waals surface area (Å²) in [5.74, 6) is 0. The maximum atomic E-state index is 6.18. The van der Waals surface area contributed by atoms with E-state index >= 15 is 0 Å². The van der Waals surface area contributed by atoms with E-state index in [4.69, 9.17) is 28.9 Å². The van der Waals surface area contributed by atoms with Crippen molar-refractivity contribution < 1.29 is 0 Å². The van der Waals surface area contributed by atoms with Crippen LogP contribution in [0.4, 0.5) is 0 Å². The molecule has 0 aliphatic heterocycles. The Hall–Kier alpha value is -1.03. The Morgan fingerprint density at radius 1 is 1.21 bits per heavy atom. The largest absolute Gasteiger partial charge is 0.324 e. The normalized spacial score (nSPS) is 12.9. The van der Waals surface area contributed by atoms with Crippen molar-refractivity contribution in [3.63, 3.8) is 0 Å². The van der Waals surface area contributed by atoms with Gasteiger partial charge >= 0.3 is 0 Å². The van der Waals surface area contributed by atoms with Gasteiger partial charge in [0.2, 0.25) is 0 Å². The zero-order valence-corrected chi connectivity index (χ0v) is 12.5. The molecule has 0 saturated heterocycles. The van der Waals surface area contributed by atoms with Gasteiger partial charge in [-0.15, -0.1) is 0 Å². The SMILES string of the molecule is CC(C)n1ccc(CC(N)c2cc(Cl)cc(Cl)c2)n1. The van der Waals surface area contributed by atoms with Crippen LogP contribution in [0.5, 0.6) is 0 Å². The molecule has 0 amide bonds. The van der Waals surface area contributed by atoms with Crippen LogP contribution in [0.15, 0.2) is 30.5 Å². The number of nitrogens with zero attached hydrogens (tertiary/aromatic N) is 2. The van der Waals surface area contributed by atoms with E-state index in [1.165, 1.54) is 0 Å². The second kappa shape index (κ2) is 5.95. The van der Waals surface area contributed by atoms with Crippen LogP contribution in [0.2, 0.25) is 10.0 Å². The van der Waals surface area contributed by atoms with Crippen LogP contribution in [0.1, 0.15) is 37.2 Å². The van der Waals surface area contributed by atoms with Gasteiger partial charge in [0.05, 0.1) is 5.69 Å². The van der Waals surface area contributed by atoms with Gasteiger partial charge in [0.1, 0.15) is 0 Å². The van der Waals surface area contributed by atoms with Crippen LogP contribution >= 0.6 is 23.2 Å². The van der Waals surface area contributed by atoms with Crippen molar-refractivity contribution in [2.45, 2.75) is 32.4 Å². The highest BCUT2D eigenvalue weighted by atomic mass is 35.5. The molecule has 0 fully saturated rings. The molecule has 1 heterocycles. The maximum absolute atomic E-state index is 6.18. The topological polar surface area (TPSA) is 43.8 Å². The third-order valence-electron chi connectivity index (χ3n) is 2.93. The standard InChI is InChI=1S/C14H17Cl2N3/c1-9(2)19-4-3-13(18-19)8-14(17)10-5-11(15)7-12(16)6-10/h3-7,9,14H,8,17H2,1-2H3. The molecule has 2 N–H and O–H groups in total. The van der Waals surface area contributed by atoms with Crippen molar-refractivity contribution in [1.82, 2.24) is 9.78 Å². The minimum Gasteiger partial charge on any atom is -0.324 e. The second-order valence-electron chi connectivity index (χ2n) is 4.89. The molecule has 1 aromatic carbocycles. The molecule has 1 atom stereocenters. The van der Waals surface area contributed by atoms with Crippen LogP contribution in [-0.2, 0) is 6.42 Å². The van der Waals surface area contributed by atoms with Crippen LogP contribution in [0.25, 0.3) is 0 Å². The Morgan fingerprint density at radius 3 is 2.37 bits per heavy atom. The van der Waals surface area contributed by atoms with E-state index in [9.17, 15) is 0 Å². The van der Waals surface area contributed by atoms with Gasteiger partial charge in [-0.2, -0.15) is 5.10 Å². The summed E-state index contributed by atoms with van der Waals surface area (Å²) in [6.45, 7) is 4.18. The number of hydrogen-bond acceptors (Lipinski definition) is 2.